The fraction of sp³-hybridized carbons (Fsp3) is 1.00. The average Bonchev–Trinajstić information content (AvgIpc) is 2.75. The molecule has 0 aromatic carbocycles. The summed E-state index contributed by atoms with van der Waals surface area (Å²) in [6, 6.07) is 1.12. The Bertz CT molecular complexity index is 216. The molecule has 2 rings (SSSR count). The molecule has 0 amide bonds. The first kappa shape index (κ1) is 12.3. The van der Waals surface area contributed by atoms with Gasteiger partial charge in [-0.25, -0.2) is 0 Å². The Labute approximate surface area is 99.3 Å². The summed E-state index contributed by atoms with van der Waals surface area (Å²) in [4.78, 5) is 2.59. The summed E-state index contributed by atoms with van der Waals surface area (Å²) in [7, 11) is 0. The topological polar surface area (TPSA) is 38.5 Å². The van der Waals surface area contributed by atoms with Crippen LogP contribution in [0.2, 0.25) is 0 Å². The maximum absolute atomic E-state index is 5.96. The maximum Gasteiger partial charge on any atom is 0.0743 e. The molecule has 2 N–H and O–H groups in total. The van der Waals surface area contributed by atoms with Gasteiger partial charge in [0.25, 0.3) is 0 Å². The molecule has 16 heavy (non-hydrogen) atoms. The van der Waals surface area contributed by atoms with Crippen molar-refractivity contribution in [2.75, 3.05) is 19.7 Å². The Morgan fingerprint density at radius 2 is 2.19 bits per heavy atom. The highest BCUT2D eigenvalue weighted by Crippen LogP contribution is 2.28. The number of nitrogens with zero attached hydrogens (tertiary/aromatic N) is 1. The molecule has 2 fully saturated rings. The predicted octanol–water partition coefficient (Wildman–Crippen LogP) is 1.61. The van der Waals surface area contributed by atoms with Crippen LogP contribution < -0.4 is 5.73 Å². The maximum atomic E-state index is 5.96. The molecule has 0 spiro atoms. The van der Waals surface area contributed by atoms with Gasteiger partial charge in [-0.1, -0.05) is 6.92 Å². The second kappa shape index (κ2) is 5.48. The van der Waals surface area contributed by atoms with E-state index in [0.717, 1.165) is 19.1 Å². The van der Waals surface area contributed by atoms with E-state index in [0.29, 0.717) is 18.2 Å². The summed E-state index contributed by atoms with van der Waals surface area (Å²) in [5, 5.41) is 0. The monoisotopic (exact) mass is 226 g/mol. The molecule has 4 unspecified atom stereocenters. The van der Waals surface area contributed by atoms with Gasteiger partial charge in [0.2, 0.25) is 0 Å². The van der Waals surface area contributed by atoms with Crippen molar-refractivity contribution >= 4 is 0 Å². The van der Waals surface area contributed by atoms with Crippen molar-refractivity contribution in [1.82, 2.24) is 4.90 Å². The van der Waals surface area contributed by atoms with Crippen LogP contribution >= 0.6 is 0 Å². The van der Waals surface area contributed by atoms with Gasteiger partial charge in [0.15, 0.2) is 0 Å². The lowest BCUT2D eigenvalue weighted by Gasteiger charge is -2.43. The van der Waals surface area contributed by atoms with Crippen LogP contribution in [0.3, 0.4) is 0 Å². The van der Waals surface area contributed by atoms with Gasteiger partial charge in [0, 0.05) is 25.2 Å². The number of nitrogens with two attached hydrogens (primary N) is 1. The molecule has 3 nitrogen and oxygen atoms in total. The summed E-state index contributed by atoms with van der Waals surface area (Å²) >= 11 is 0. The smallest absolute Gasteiger partial charge is 0.0743 e. The quantitative estimate of drug-likeness (QED) is 0.794. The highest BCUT2D eigenvalue weighted by atomic mass is 16.5. The molecule has 0 bridgehead atoms. The lowest BCUT2D eigenvalue weighted by molar-refractivity contribution is -0.00760. The minimum Gasteiger partial charge on any atom is -0.377 e. The van der Waals surface area contributed by atoms with E-state index in [-0.39, 0.29) is 0 Å². The van der Waals surface area contributed by atoms with Crippen molar-refractivity contribution in [3.63, 3.8) is 0 Å². The first-order chi connectivity index (χ1) is 7.72. The minimum absolute atomic E-state index is 0.390. The zero-order valence-corrected chi connectivity index (χ0v) is 10.7. The lowest BCUT2D eigenvalue weighted by atomic mass is 9.90. The van der Waals surface area contributed by atoms with Crippen molar-refractivity contribution in [3.05, 3.63) is 0 Å². The van der Waals surface area contributed by atoms with Crippen LogP contribution in [0.4, 0.5) is 0 Å². The summed E-state index contributed by atoms with van der Waals surface area (Å²) in [5.41, 5.74) is 5.96. The van der Waals surface area contributed by atoms with Crippen LogP contribution in [-0.2, 0) is 4.74 Å². The average molecular weight is 226 g/mol. The summed E-state index contributed by atoms with van der Waals surface area (Å²) < 4.78 is 5.81. The highest BCUT2D eigenvalue weighted by Gasteiger charge is 2.34. The standard InChI is InChI=1S/C13H26N2O/c1-10-5-6-15(11(2)8-10)12(9-14)13-4-3-7-16-13/h10-13H,3-9,14H2,1-2H3. The molecule has 2 saturated heterocycles. The van der Waals surface area contributed by atoms with Gasteiger partial charge in [-0.15, -0.1) is 0 Å². The van der Waals surface area contributed by atoms with Gasteiger partial charge in [0.1, 0.15) is 0 Å². The molecule has 0 saturated carbocycles. The molecule has 0 aliphatic carbocycles. The Balaban J connectivity index is 1.97. The van der Waals surface area contributed by atoms with Crippen LogP contribution in [0, 0.1) is 5.92 Å². The van der Waals surface area contributed by atoms with Crippen molar-refractivity contribution in [1.29, 1.82) is 0 Å². The van der Waals surface area contributed by atoms with E-state index >= 15 is 0 Å². The van der Waals surface area contributed by atoms with Gasteiger partial charge in [-0.3, -0.25) is 4.90 Å². The Morgan fingerprint density at radius 3 is 2.75 bits per heavy atom. The number of ether oxygens (including phenoxy) is 1. The van der Waals surface area contributed by atoms with Crippen LogP contribution in [0.5, 0.6) is 0 Å². The van der Waals surface area contributed by atoms with Gasteiger partial charge >= 0.3 is 0 Å². The molecule has 94 valence electrons. The van der Waals surface area contributed by atoms with Crippen molar-refractivity contribution < 1.29 is 4.74 Å². The third kappa shape index (κ3) is 2.58. The molecule has 4 atom stereocenters. The number of hydrogen-bond donors (Lipinski definition) is 1. The first-order valence-corrected chi connectivity index (χ1v) is 6.79. The molecular weight excluding hydrogens is 200 g/mol. The summed E-state index contributed by atoms with van der Waals surface area (Å²) in [5.74, 6) is 0.870. The normalized spacial score (nSPS) is 38.8. The van der Waals surface area contributed by atoms with Crippen molar-refractivity contribution in [3.8, 4) is 0 Å². The molecule has 2 aliphatic rings. The molecule has 2 aliphatic heterocycles. The number of rotatable bonds is 3. The van der Waals surface area contributed by atoms with E-state index in [9.17, 15) is 0 Å². The number of piperidine rings is 1. The van der Waals surface area contributed by atoms with E-state index in [2.05, 4.69) is 18.7 Å². The van der Waals surface area contributed by atoms with Crippen molar-refractivity contribution in [2.24, 2.45) is 11.7 Å². The van der Waals surface area contributed by atoms with Crippen LogP contribution in [0.25, 0.3) is 0 Å². The molecule has 2 heterocycles. The van der Waals surface area contributed by atoms with Crippen LogP contribution in [0.1, 0.15) is 39.5 Å². The Hall–Kier alpha value is -0.120. The largest absolute Gasteiger partial charge is 0.377 e. The van der Waals surface area contributed by atoms with Gasteiger partial charge in [-0.05, 0) is 45.1 Å². The SMILES string of the molecule is CC1CCN(C(CN)C2CCCO2)C(C)C1. The summed E-state index contributed by atoms with van der Waals surface area (Å²) in [6.07, 6.45) is 5.41. The molecule has 3 heteroatoms. The Kier molecular flexibility index (Phi) is 4.22. The van der Waals surface area contributed by atoms with Crippen molar-refractivity contribution in [2.45, 2.75) is 57.7 Å². The fourth-order valence-electron chi connectivity index (χ4n) is 3.32. The zero-order chi connectivity index (χ0) is 11.5. The van der Waals surface area contributed by atoms with E-state index < -0.39 is 0 Å². The molecular formula is C13H26N2O. The second-order valence-electron chi connectivity index (χ2n) is 5.57. The predicted molar refractivity (Wildman–Crippen MR) is 66.4 cm³/mol. The minimum atomic E-state index is 0.390. The molecule has 0 aromatic rings. The van der Waals surface area contributed by atoms with E-state index in [1.165, 1.54) is 32.2 Å². The highest BCUT2D eigenvalue weighted by molar-refractivity contribution is 4.89. The van der Waals surface area contributed by atoms with Gasteiger partial charge < -0.3 is 10.5 Å². The number of hydrogen-bond acceptors (Lipinski definition) is 3. The van der Waals surface area contributed by atoms with E-state index in [1.807, 2.05) is 0 Å². The van der Waals surface area contributed by atoms with Gasteiger partial charge in [-0.2, -0.15) is 0 Å². The zero-order valence-electron chi connectivity index (χ0n) is 10.7. The fourth-order valence-corrected chi connectivity index (χ4v) is 3.32. The third-order valence-corrected chi connectivity index (χ3v) is 4.25. The number of likely N-dealkylation sites (tertiary alicyclic amines) is 1. The van der Waals surface area contributed by atoms with Crippen LogP contribution in [-0.4, -0.2) is 42.8 Å². The van der Waals surface area contributed by atoms with Gasteiger partial charge in [0.05, 0.1) is 6.10 Å². The van der Waals surface area contributed by atoms with Crippen LogP contribution in [0.15, 0.2) is 0 Å². The third-order valence-electron chi connectivity index (χ3n) is 4.25. The van der Waals surface area contributed by atoms with E-state index in [4.69, 9.17) is 10.5 Å². The first-order valence-electron chi connectivity index (χ1n) is 6.79. The Morgan fingerprint density at radius 1 is 1.38 bits per heavy atom. The summed E-state index contributed by atoms with van der Waals surface area (Å²) in [6.45, 7) is 7.57. The van der Waals surface area contributed by atoms with E-state index in [1.54, 1.807) is 0 Å². The second-order valence-corrected chi connectivity index (χ2v) is 5.57. The lowest BCUT2D eigenvalue weighted by Crippen LogP contribution is -2.54. The molecule has 0 aromatic heterocycles. The molecule has 0 radical (unpaired) electrons.